The first-order valence-electron chi connectivity index (χ1n) is 9.20. The standard InChI is InChI=1S/3C7H10N2.CH4/c1-6(2)7-3-8-5-9-4-7;1-6(2)7-5-8-3-4-9-7;1-6(2)7-4-3-5-8-9-7;/h3*3-6H,1-2H3;1H4. The molecule has 0 N–H and O–H groups in total. The van der Waals surface area contributed by atoms with E-state index in [1.807, 2.05) is 24.5 Å². The van der Waals surface area contributed by atoms with Crippen LogP contribution in [0.2, 0.25) is 0 Å². The fourth-order valence-electron chi connectivity index (χ4n) is 1.84. The SMILES string of the molecule is C.CC(C)c1cccnn1.CC(C)c1cnccn1.CC(C)c1cncnc1. The van der Waals surface area contributed by atoms with E-state index in [4.69, 9.17) is 0 Å². The summed E-state index contributed by atoms with van der Waals surface area (Å²) in [7, 11) is 0. The van der Waals surface area contributed by atoms with Crippen LogP contribution in [0.15, 0.2) is 55.6 Å². The topological polar surface area (TPSA) is 77.3 Å². The lowest BCUT2D eigenvalue weighted by Gasteiger charge is -1.99. The Morgan fingerprint density at radius 3 is 1.64 bits per heavy atom. The second-order valence-corrected chi connectivity index (χ2v) is 6.91. The summed E-state index contributed by atoms with van der Waals surface area (Å²) in [6.45, 7) is 12.7. The van der Waals surface area contributed by atoms with Gasteiger partial charge in [0.1, 0.15) is 6.33 Å². The van der Waals surface area contributed by atoms with Gasteiger partial charge in [-0.05, 0) is 35.4 Å². The van der Waals surface area contributed by atoms with Crippen LogP contribution in [-0.4, -0.2) is 30.1 Å². The van der Waals surface area contributed by atoms with Crippen molar-refractivity contribution < 1.29 is 0 Å². The quantitative estimate of drug-likeness (QED) is 0.600. The molecular formula is C22H34N6. The maximum atomic E-state index is 4.12. The summed E-state index contributed by atoms with van der Waals surface area (Å²) >= 11 is 0. The van der Waals surface area contributed by atoms with Gasteiger partial charge >= 0.3 is 0 Å². The number of aromatic nitrogens is 6. The van der Waals surface area contributed by atoms with Gasteiger partial charge < -0.3 is 0 Å². The van der Waals surface area contributed by atoms with Crippen molar-refractivity contribution >= 4 is 0 Å². The fourth-order valence-corrected chi connectivity index (χ4v) is 1.84. The first kappa shape index (κ1) is 25.2. The molecule has 28 heavy (non-hydrogen) atoms. The predicted molar refractivity (Wildman–Crippen MR) is 115 cm³/mol. The molecular weight excluding hydrogens is 348 g/mol. The van der Waals surface area contributed by atoms with Crippen molar-refractivity contribution in [3.63, 3.8) is 0 Å². The lowest BCUT2D eigenvalue weighted by molar-refractivity contribution is 0.785. The molecule has 3 heterocycles. The van der Waals surface area contributed by atoms with E-state index in [0.29, 0.717) is 17.8 Å². The highest BCUT2D eigenvalue weighted by Crippen LogP contribution is 2.09. The molecule has 0 radical (unpaired) electrons. The molecule has 0 aliphatic carbocycles. The zero-order chi connectivity index (χ0) is 20.1. The molecule has 6 nitrogen and oxygen atoms in total. The smallest absolute Gasteiger partial charge is 0.115 e. The van der Waals surface area contributed by atoms with E-state index in [1.165, 1.54) is 5.56 Å². The number of rotatable bonds is 3. The Morgan fingerprint density at radius 2 is 1.32 bits per heavy atom. The third-order valence-corrected chi connectivity index (χ3v) is 3.61. The summed E-state index contributed by atoms with van der Waals surface area (Å²) in [6.07, 6.45) is 12.1. The third-order valence-electron chi connectivity index (χ3n) is 3.61. The minimum Gasteiger partial charge on any atom is -0.261 e. The molecule has 6 heteroatoms. The Bertz CT molecular complexity index is 612. The lowest BCUT2D eigenvalue weighted by Crippen LogP contribution is -1.92. The number of nitrogens with zero attached hydrogens (tertiary/aromatic N) is 6. The molecule has 0 amide bonds. The van der Waals surface area contributed by atoms with E-state index in [1.54, 1.807) is 31.1 Å². The summed E-state index contributed by atoms with van der Waals surface area (Å²) in [5, 5.41) is 7.68. The molecule has 0 fully saturated rings. The highest BCUT2D eigenvalue weighted by molar-refractivity contribution is 5.06. The van der Waals surface area contributed by atoms with Crippen LogP contribution in [0.25, 0.3) is 0 Å². The van der Waals surface area contributed by atoms with Gasteiger partial charge in [0.05, 0.1) is 11.4 Å². The zero-order valence-electron chi connectivity index (χ0n) is 17.1. The molecule has 0 atom stereocenters. The summed E-state index contributed by atoms with van der Waals surface area (Å²) in [5.41, 5.74) is 3.30. The summed E-state index contributed by atoms with van der Waals surface area (Å²) < 4.78 is 0. The molecule has 0 saturated carbocycles. The first-order valence-corrected chi connectivity index (χ1v) is 9.20. The van der Waals surface area contributed by atoms with Crippen LogP contribution in [0.1, 0.15) is 83.7 Å². The van der Waals surface area contributed by atoms with E-state index in [0.717, 1.165) is 11.4 Å². The zero-order valence-corrected chi connectivity index (χ0v) is 17.1. The predicted octanol–water partition coefficient (Wildman–Crippen LogP) is 5.44. The molecule has 3 aromatic rings. The molecule has 152 valence electrons. The third kappa shape index (κ3) is 10.4. The molecule has 0 saturated heterocycles. The van der Waals surface area contributed by atoms with Gasteiger partial charge in [-0.1, -0.05) is 49.0 Å². The Balaban J connectivity index is 0.000000384. The monoisotopic (exact) mass is 382 g/mol. The Hall–Kier alpha value is -2.76. The van der Waals surface area contributed by atoms with Gasteiger partial charge in [-0.3, -0.25) is 9.97 Å². The lowest BCUT2D eigenvalue weighted by atomic mass is 10.1. The highest BCUT2D eigenvalue weighted by atomic mass is 15.1. The second-order valence-electron chi connectivity index (χ2n) is 6.91. The molecule has 0 unspecified atom stereocenters. The van der Waals surface area contributed by atoms with Gasteiger partial charge in [0.15, 0.2) is 0 Å². The van der Waals surface area contributed by atoms with Gasteiger partial charge in [-0.2, -0.15) is 10.2 Å². The van der Waals surface area contributed by atoms with Crippen molar-refractivity contribution in [2.75, 3.05) is 0 Å². The Kier molecular flexibility index (Phi) is 12.9. The maximum absolute atomic E-state index is 4.12. The maximum Gasteiger partial charge on any atom is 0.115 e. The largest absolute Gasteiger partial charge is 0.261 e. The first-order chi connectivity index (χ1) is 12.9. The van der Waals surface area contributed by atoms with E-state index >= 15 is 0 Å². The molecule has 0 aliphatic rings. The van der Waals surface area contributed by atoms with Gasteiger partial charge in [0.2, 0.25) is 0 Å². The average molecular weight is 383 g/mol. The summed E-state index contributed by atoms with van der Waals surface area (Å²) in [6, 6.07) is 3.89. The van der Waals surface area contributed by atoms with Crippen LogP contribution >= 0.6 is 0 Å². The van der Waals surface area contributed by atoms with E-state index in [-0.39, 0.29) is 7.43 Å². The van der Waals surface area contributed by atoms with Gasteiger partial charge in [-0.25, -0.2) is 9.97 Å². The van der Waals surface area contributed by atoms with E-state index in [2.05, 4.69) is 71.7 Å². The Labute approximate surface area is 169 Å². The number of hydrogen-bond acceptors (Lipinski definition) is 6. The van der Waals surface area contributed by atoms with Crippen molar-refractivity contribution in [3.05, 3.63) is 72.6 Å². The minimum absolute atomic E-state index is 0. The highest BCUT2D eigenvalue weighted by Gasteiger charge is 1.97. The molecule has 0 aromatic carbocycles. The van der Waals surface area contributed by atoms with Crippen LogP contribution in [0.3, 0.4) is 0 Å². The van der Waals surface area contributed by atoms with E-state index in [9.17, 15) is 0 Å². The fraction of sp³-hybridized carbons (Fsp3) is 0.455. The van der Waals surface area contributed by atoms with Crippen LogP contribution in [0.4, 0.5) is 0 Å². The Morgan fingerprint density at radius 1 is 0.679 bits per heavy atom. The molecule has 0 aliphatic heterocycles. The van der Waals surface area contributed by atoms with E-state index < -0.39 is 0 Å². The van der Waals surface area contributed by atoms with Crippen LogP contribution in [0.5, 0.6) is 0 Å². The molecule has 3 aromatic heterocycles. The van der Waals surface area contributed by atoms with Crippen molar-refractivity contribution in [2.45, 2.75) is 66.7 Å². The van der Waals surface area contributed by atoms with Crippen molar-refractivity contribution in [1.82, 2.24) is 30.1 Å². The van der Waals surface area contributed by atoms with Crippen LogP contribution < -0.4 is 0 Å². The van der Waals surface area contributed by atoms with Crippen molar-refractivity contribution in [1.29, 1.82) is 0 Å². The normalized spacial score (nSPS) is 9.75. The summed E-state index contributed by atoms with van der Waals surface area (Å²) in [5.74, 6) is 1.50. The van der Waals surface area contributed by atoms with Gasteiger partial charge in [-0.15, -0.1) is 0 Å². The second kappa shape index (κ2) is 14.3. The summed E-state index contributed by atoms with van der Waals surface area (Å²) in [4.78, 5) is 15.8. The molecule has 0 bridgehead atoms. The van der Waals surface area contributed by atoms with Crippen molar-refractivity contribution in [2.24, 2.45) is 0 Å². The van der Waals surface area contributed by atoms with Crippen LogP contribution in [-0.2, 0) is 0 Å². The number of hydrogen-bond donors (Lipinski definition) is 0. The molecule has 0 spiro atoms. The van der Waals surface area contributed by atoms with Crippen molar-refractivity contribution in [3.8, 4) is 0 Å². The molecule has 3 rings (SSSR count). The van der Waals surface area contributed by atoms with Gasteiger partial charge in [0.25, 0.3) is 0 Å². The van der Waals surface area contributed by atoms with Gasteiger partial charge in [0, 0.05) is 37.2 Å². The van der Waals surface area contributed by atoms with Crippen LogP contribution in [0, 0.1) is 0 Å². The average Bonchev–Trinajstić information content (AvgIpc) is 2.71. The minimum atomic E-state index is 0.